The summed E-state index contributed by atoms with van der Waals surface area (Å²) in [5, 5.41) is 0. The molecule has 1 aromatic rings. The van der Waals surface area contributed by atoms with Gasteiger partial charge in [-0.2, -0.15) is 0 Å². The lowest BCUT2D eigenvalue weighted by molar-refractivity contribution is 0.384. The zero-order valence-corrected chi connectivity index (χ0v) is 10.8. The fourth-order valence-electron chi connectivity index (χ4n) is 2.44. The number of halogens is 1. The van der Waals surface area contributed by atoms with Crippen LogP contribution in [0.25, 0.3) is 0 Å². The molecule has 1 unspecified atom stereocenters. The summed E-state index contributed by atoms with van der Waals surface area (Å²) >= 11 is 0. The van der Waals surface area contributed by atoms with Crippen molar-refractivity contribution < 1.29 is 9.13 Å². The summed E-state index contributed by atoms with van der Waals surface area (Å²) < 4.78 is 19.0. The maximum absolute atomic E-state index is 14.0. The Morgan fingerprint density at radius 1 is 1.39 bits per heavy atom. The lowest BCUT2D eigenvalue weighted by atomic mass is 10.00. The highest BCUT2D eigenvalue weighted by molar-refractivity contribution is 5.34. The van der Waals surface area contributed by atoms with Gasteiger partial charge in [0.2, 0.25) is 0 Å². The van der Waals surface area contributed by atoms with Crippen molar-refractivity contribution in [2.75, 3.05) is 7.11 Å². The standard InChI is InChI=1S/C15H20FNO/c1-18-14-8-4-6-12(15(14)16)9-11-5-2-3-7-13(17)10-11/h4,6,8,10,13H,2-3,5,7,9,17H2,1H3. The number of hydrogen-bond acceptors (Lipinski definition) is 2. The molecule has 1 aliphatic carbocycles. The third-order valence-corrected chi connectivity index (χ3v) is 3.42. The molecule has 0 amide bonds. The highest BCUT2D eigenvalue weighted by Gasteiger charge is 2.13. The number of rotatable bonds is 3. The van der Waals surface area contributed by atoms with Crippen molar-refractivity contribution in [3.63, 3.8) is 0 Å². The van der Waals surface area contributed by atoms with Crippen LogP contribution < -0.4 is 10.5 Å². The van der Waals surface area contributed by atoms with E-state index in [2.05, 4.69) is 6.08 Å². The summed E-state index contributed by atoms with van der Waals surface area (Å²) in [4.78, 5) is 0. The molecule has 18 heavy (non-hydrogen) atoms. The van der Waals surface area contributed by atoms with Crippen LogP contribution in [0.3, 0.4) is 0 Å². The summed E-state index contributed by atoms with van der Waals surface area (Å²) in [6, 6.07) is 5.41. The molecule has 0 heterocycles. The van der Waals surface area contributed by atoms with Gasteiger partial charge in [0.1, 0.15) is 0 Å². The molecular formula is C15H20FNO. The number of nitrogens with two attached hydrogens (primary N) is 1. The van der Waals surface area contributed by atoms with E-state index in [9.17, 15) is 4.39 Å². The van der Waals surface area contributed by atoms with Crippen LogP contribution in [0.4, 0.5) is 4.39 Å². The Morgan fingerprint density at radius 3 is 3.00 bits per heavy atom. The van der Waals surface area contributed by atoms with Crippen molar-refractivity contribution in [2.24, 2.45) is 5.73 Å². The molecule has 2 rings (SSSR count). The third kappa shape index (κ3) is 3.10. The zero-order valence-electron chi connectivity index (χ0n) is 10.8. The van der Waals surface area contributed by atoms with Crippen molar-refractivity contribution >= 4 is 0 Å². The van der Waals surface area contributed by atoms with E-state index in [0.717, 1.165) is 25.7 Å². The van der Waals surface area contributed by atoms with Crippen LogP contribution in [0.1, 0.15) is 31.2 Å². The molecule has 2 N–H and O–H groups in total. The summed E-state index contributed by atoms with van der Waals surface area (Å²) in [5.74, 6) is 0.0599. The number of ether oxygens (including phenoxy) is 1. The molecule has 1 aliphatic rings. The van der Waals surface area contributed by atoms with Gasteiger partial charge in [0.15, 0.2) is 11.6 Å². The van der Waals surface area contributed by atoms with Crippen molar-refractivity contribution in [2.45, 2.75) is 38.1 Å². The molecule has 0 fully saturated rings. The van der Waals surface area contributed by atoms with Gasteiger partial charge in [-0.3, -0.25) is 0 Å². The predicted octanol–water partition coefficient (Wildman–Crippen LogP) is 3.20. The number of benzene rings is 1. The SMILES string of the molecule is COc1cccc(CC2=CC(N)CCCC2)c1F. The quantitative estimate of drug-likeness (QED) is 0.835. The maximum Gasteiger partial charge on any atom is 0.168 e. The number of hydrogen-bond donors (Lipinski definition) is 1. The van der Waals surface area contributed by atoms with Gasteiger partial charge in [0.05, 0.1) is 7.11 Å². The molecular weight excluding hydrogens is 229 g/mol. The molecule has 0 aromatic heterocycles. The van der Waals surface area contributed by atoms with Gasteiger partial charge >= 0.3 is 0 Å². The monoisotopic (exact) mass is 249 g/mol. The molecule has 1 atom stereocenters. The first-order valence-electron chi connectivity index (χ1n) is 6.47. The highest BCUT2D eigenvalue weighted by Crippen LogP contribution is 2.25. The summed E-state index contributed by atoms with van der Waals surface area (Å²) in [7, 11) is 1.49. The first-order valence-corrected chi connectivity index (χ1v) is 6.47. The van der Waals surface area contributed by atoms with Crippen LogP contribution in [0.2, 0.25) is 0 Å². The summed E-state index contributed by atoms with van der Waals surface area (Å²) in [5.41, 5.74) is 7.91. The second-order valence-electron chi connectivity index (χ2n) is 4.84. The molecule has 0 bridgehead atoms. The minimum Gasteiger partial charge on any atom is -0.494 e. The molecule has 0 saturated heterocycles. The Labute approximate surface area is 108 Å². The fraction of sp³-hybridized carbons (Fsp3) is 0.467. The Morgan fingerprint density at radius 2 is 2.22 bits per heavy atom. The average Bonchev–Trinajstić information content (AvgIpc) is 2.56. The van der Waals surface area contributed by atoms with Crippen molar-refractivity contribution in [1.29, 1.82) is 0 Å². The van der Waals surface area contributed by atoms with E-state index in [0.29, 0.717) is 17.7 Å². The van der Waals surface area contributed by atoms with Crippen molar-refractivity contribution in [3.8, 4) is 5.75 Å². The first kappa shape index (κ1) is 13.1. The van der Waals surface area contributed by atoms with Gasteiger partial charge in [0.25, 0.3) is 0 Å². The van der Waals surface area contributed by atoms with E-state index in [1.54, 1.807) is 6.07 Å². The smallest absolute Gasteiger partial charge is 0.168 e. The fourth-order valence-corrected chi connectivity index (χ4v) is 2.44. The van der Waals surface area contributed by atoms with E-state index in [1.807, 2.05) is 12.1 Å². The van der Waals surface area contributed by atoms with Gasteiger partial charge in [-0.1, -0.05) is 30.2 Å². The zero-order chi connectivity index (χ0) is 13.0. The van der Waals surface area contributed by atoms with Crippen LogP contribution in [-0.2, 0) is 6.42 Å². The van der Waals surface area contributed by atoms with Gasteiger partial charge in [-0.15, -0.1) is 0 Å². The van der Waals surface area contributed by atoms with Crippen molar-refractivity contribution in [1.82, 2.24) is 0 Å². The Hall–Kier alpha value is -1.35. The van der Waals surface area contributed by atoms with Crippen molar-refractivity contribution in [3.05, 3.63) is 41.2 Å². The van der Waals surface area contributed by atoms with Crippen LogP contribution in [0.5, 0.6) is 5.75 Å². The molecule has 0 spiro atoms. The number of allylic oxidation sites excluding steroid dienone is 1. The van der Waals surface area contributed by atoms with Crippen LogP contribution >= 0.6 is 0 Å². The van der Waals surface area contributed by atoms with Gasteiger partial charge in [-0.05, 0) is 37.3 Å². The average molecular weight is 249 g/mol. The Kier molecular flexibility index (Phi) is 4.37. The minimum absolute atomic E-state index is 0.121. The second-order valence-corrected chi connectivity index (χ2v) is 4.84. The van der Waals surface area contributed by atoms with E-state index in [1.165, 1.54) is 12.7 Å². The van der Waals surface area contributed by atoms with E-state index in [-0.39, 0.29) is 11.9 Å². The lowest BCUT2D eigenvalue weighted by Gasteiger charge is -2.10. The molecule has 1 aromatic carbocycles. The first-order chi connectivity index (χ1) is 8.70. The van der Waals surface area contributed by atoms with Gasteiger partial charge in [0, 0.05) is 6.04 Å². The molecule has 0 aliphatic heterocycles. The number of methoxy groups -OCH3 is 1. The topological polar surface area (TPSA) is 35.2 Å². The highest BCUT2D eigenvalue weighted by atomic mass is 19.1. The third-order valence-electron chi connectivity index (χ3n) is 3.42. The van der Waals surface area contributed by atoms with Crippen LogP contribution in [0.15, 0.2) is 29.8 Å². The molecule has 98 valence electrons. The minimum atomic E-state index is -0.251. The van der Waals surface area contributed by atoms with E-state index in [4.69, 9.17) is 10.5 Å². The van der Waals surface area contributed by atoms with Crippen LogP contribution in [-0.4, -0.2) is 13.2 Å². The Balaban J connectivity index is 2.18. The normalized spacial score (nSPS) is 20.2. The maximum atomic E-state index is 14.0. The lowest BCUT2D eigenvalue weighted by Crippen LogP contribution is -2.16. The van der Waals surface area contributed by atoms with Crippen LogP contribution in [0, 0.1) is 5.82 Å². The Bertz CT molecular complexity index is 442. The molecule has 0 saturated carbocycles. The molecule has 2 nitrogen and oxygen atoms in total. The van der Waals surface area contributed by atoms with E-state index < -0.39 is 0 Å². The van der Waals surface area contributed by atoms with E-state index >= 15 is 0 Å². The van der Waals surface area contributed by atoms with Gasteiger partial charge < -0.3 is 10.5 Å². The summed E-state index contributed by atoms with van der Waals surface area (Å²) in [6.07, 6.45) is 7.09. The molecule has 0 radical (unpaired) electrons. The van der Waals surface area contributed by atoms with Gasteiger partial charge in [-0.25, -0.2) is 4.39 Å². The molecule has 3 heteroatoms. The largest absolute Gasteiger partial charge is 0.494 e. The summed E-state index contributed by atoms with van der Waals surface area (Å²) in [6.45, 7) is 0. The second kappa shape index (κ2) is 6.01. The predicted molar refractivity (Wildman–Crippen MR) is 71.2 cm³/mol.